The van der Waals surface area contributed by atoms with Crippen LogP contribution in [0.3, 0.4) is 0 Å². The van der Waals surface area contributed by atoms with Crippen LogP contribution in [0.25, 0.3) is 0 Å². The molecule has 0 aromatic heterocycles. The molecule has 0 aliphatic carbocycles. The number of carbonyl (C=O) groups excluding carboxylic acids is 2. The van der Waals surface area contributed by atoms with Gasteiger partial charge in [0.05, 0.1) is 12.5 Å². The third-order valence-electron chi connectivity index (χ3n) is 4.01. The minimum absolute atomic E-state index is 0.0819. The number of halogens is 1. The highest BCUT2D eigenvalue weighted by Gasteiger charge is 2.35. The fourth-order valence-corrected chi connectivity index (χ4v) is 2.87. The van der Waals surface area contributed by atoms with E-state index in [1.54, 1.807) is 53.4 Å². The van der Waals surface area contributed by atoms with Gasteiger partial charge in [-0.25, -0.2) is 0 Å². The van der Waals surface area contributed by atoms with Crippen LogP contribution in [0.1, 0.15) is 12.0 Å². The standard InChI is InChI=1S/C18H17ClN2O3/c19-14-4-6-16(7-5-14)21-10-13(9-17(21)23)18(24)20-15-3-1-2-12(8-15)11-22/h1-8,13,22H,9-11H2,(H,20,24). The Labute approximate surface area is 144 Å². The fourth-order valence-electron chi connectivity index (χ4n) is 2.75. The summed E-state index contributed by atoms with van der Waals surface area (Å²) in [6.07, 6.45) is 0.175. The fraction of sp³-hybridized carbons (Fsp3) is 0.222. The molecule has 1 atom stereocenters. The summed E-state index contributed by atoms with van der Waals surface area (Å²) in [4.78, 5) is 26.2. The van der Waals surface area contributed by atoms with Crippen LogP contribution in [-0.4, -0.2) is 23.5 Å². The molecule has 1 fully saturated rings. The van der Waals surface area contributed by atoms with E-state index in [0.29, 0.717) is 17.3 Å². The maximum atomic E-state index is 12.4. The highest BCUT2D eigenvalue weighted by atomic mass is 35.5. The van der Waals surface area contributed by atoms with Crippen molar-refractivity contribution in [2.75, 3.05) is 16.8 Å². The molecule has 0 spiro atoms. The zero-order chi connectivity index (χ0) is 17.1. The second kappa shape index (κ2) is 7.03. The summed E-state index contributed by atoms with van der Waals surface area (Å²) in [5, 5.41) is 12.6. The van der Waals surface area contributed by atoms with Crippen molar-refractivity contribution in [2.45, 2.75) is 13.0 Å². The van der Waals surface area contributed by atoms with Crippen LogP contribution < -0.4 is 10.2 Å². The van der Waals surface area contributed by atoms with Gasteiger partial charge in [-0.1, -0.05) is 23.7 Å². The molecule has 1 saturated heterocycles. The van der Waals surface area contributed by atoms with E-state index in [-0.39, 0.29) is 24.8 Å². The van der Waals surface area contributed by atoms with Crippen molar-refractivity contribution in [1.29, 1.82) is 0 Å². The topological polar surface area (TPSA) is 69.6 Å². The monoisotopic (exact) mass is 344 g/mol. The van der Waals surface area contributed by atoms with Gasteiger partial charge in [-0.05, 0) is 42.0 Å². The first-order valence-electron chi connectivity index (χ1n) is 7.63. The lowest BCUT2D eigenvalue weighted by Crippen LogP contribution is -2.28. The predicted molar refractivity (Wildman–Crippen MR) is 92.9 cm³/mol. The number of amides is 2. The van der Waals surface area contributed by atoms with E-state index < -0.39 is 5.92 Å². The summed E-state index contributed by atoms with van der Waals surface area (Å²) in [6.45, 7) is 0.252. The van der Waals surface area contributed by atoms with Crippen LogP contribution in [0.4, 0.5) is 11.4 Å². The van der Waals surface area contributed by atoms with Gasteiger partial charge in [-0.3, -0.25) is 9.59 Å². The molecule has 3 rings (SSSR count). The zero-order valence-corrected chi connectivity index (χ0v) is 13.7. The van der Waals surface area contributed by atoms with Gasteiger partial charge in [-0.2, -0.15) is 0 Å². The Balaban J connectivity index is 1.68. The Morgan fingerprint density at radius 1 is 1.25 bits per heavy atom. The predicted octanol–water partition coefficient (Wildman–Crippen LogP) is 2.82. The van der Waals surface area contributed by atoms with Gasteiger partial charge in [0.15, 0.2) is 0 Å². The molecule has 124 valence electrons. The third-order valence-corrected chi connectivity index (χ3v) is 4.26. The zero-order valence-electron chi connectivity index (χ0n) is 12.9. The first kappa shape index (κ1) is 16.5. The highest BCUT2D eigenvalue weighted by Crippen LogP contribution is 2.27. The van der Waals surface area contributed by atoms with E-state index in [0.717, 1.165) is 11.3 Å². The van der Waals surface area contributed by atoms with Crippen molar-refractivity contribution in [3.63, 3.8) is 0 Å². The Hall–Kier alpha value is -2.37. The van der Waals surface area contributed by atoms with Gasteiger partial charge in [0, 0.05) is 29.4 Å². The van der Waals surface area contributed by atoms with Gasteiger partial charge < -0.3 is 15.3 Å². The molecule has 2 aromatic rings. The normalized spacial score (nSPS) is 17.2. The summed E-state index contributed by atoms with van der Waals surface area (Å²) in [5.41, 5.74) is 2.07. The van der Waals surface area contributed by atoms with Crippen molar-refractivity contribution in [3.05, 3.63) is 59.1 Å². The average molecular weight is 345 g/mol. The second-order valence-corrected chi connectivity index (χ2v) is 6.17. The van der Waals surface area contributed by atoms with E-state index in [9.17, 15) is 9.59 Å². The summed E-state index contributed by atoms with van der Waals surface area (Å²) < 4.78 is 0. The highest BCUT2D eigenvalue weighted by molar-refractivity contribution is 6.30. The number of hydrogen-bond donors (Lipinski definition) is 2. The lowest BCUT2D eigenvalue weighted by Gasteiger charge is -2.17. The minimum Gasteiger partial charge on any atom is -0.392 e. The van der Waals surface area contributed by atoms with Gasteiger partial charge >= 0.3 is 0 Å². The van der Waals surface area contributed by atoms with Gasteiger partial charge in [0.1, 0.15) is 0 Å². The van der Waals surface area contributed by atoms with Crippen molar-refractivity contribution in [2.24, 2.45) is 5.92 Å². The molecule has 2 aromatic carbocycles. The molecule has 6 heteroatoms. The van der Waals surface area contributed by atoms with E-state index >= 15 is 0 Å². The molecule has 0 saturated carbocycles. The Kier molecular flexibility index (Phi) is 4.83. The first-order valence-corrected chi connectivity index (χ1v) is 8.01. The van der Waals surface area contributed by atoms with Crippen molar-refractivity contribution >= 4 is 34.8 Å². The molecule has 2 N–H and O–H groups in total. The molecule has 1 heterocycles. The molecule has 1 unspecified atom stereocenters. The number of nitrogens with one attached hydrogen (secondary N) is 1. The van der Waals surface area contributed by atoms with Crippen LogP contribution in [0.15, 0.2) is 48.5 Å². The summed E-state index contributed by atoms with van der Waals surface area (Å²) in [7, 11) is 0. The van der Waals surface area contributed by atoms with Crippen molar-refractivity contribution in [1.82, 2.24) is 0 Å². The van der Waals surface area contributed by atoms with E-state index in [1.165, 1.54) is 0 Å². The van der Waals surface area contributed by atoms with Crippen LogP contribution in [0, 0.1) is 5.92 Å². The number of anilines is 2. The Morgan fingerprint density at radius 2 is 2.00 bits per heavy atom. The Bertz CT molecular complexity index is 761. The largest absolute Gasteiger partial charge is 0.392 e. The third kappa shape index (κ3) is 3.58. The quantitative estimate of drug-likeness (QED) is 0.896. The van der Waals surface area contributed by atoms with Crippen LogP contribution in [-0.2, 0) is 16.2 Å². The van der Waals surface area contributed by atoms with E-state index in [1.807, 2.05) is 0 Å². The molecule has 1 aliphatic rings. The summed E-state index contributed by atoms with van der Waals surface area (Å²) in [6, 6.07) is 14.0. The number of aliphatic hydroxyl groups is 1. The molecule has 0 radical (unpaired) electrons. The van der Waals surface area contributed by atoms with Crippen LogP contribution in [0.5, 0.6) is 0 Å². The van der Waals surface area contributed by atoms with Crippen molar-refractivity contribution in [3.8, 4) is 0 Å². The molecular weight excluding hydrogens is 328 g/mol. The van der Waals surface area contributed by atoms with E-state index in [4.69, 9.17) is 16.7 Å². The number of rotatable bonds is 4. The average Bonchev–Trinajstić information content (AvgIpc) is 2.98. The molecular formula is C18H17ClN2O3. The van der Waals surface area contributed by atoms with Gasteiger partial charge in [-0.15, -0.1) is 0 Å². The maximum Gasteiger partial charge on any atom is 0.229 e. The summed E-state index contributed by atoms with van der Waals surface area (Å²) >= 11 is 5.86. The second-order valence-electron chi connectivity index (χ2n) is 5.73. The number of nitrogens with zero attached hydrogens (tertiary/aromatic N) is 1. The minimum atomic E-state index is -0.411. The maximum absolute atomic E-state index is 12.4. The molecule has 2 amide bonds. The van der Waals surface area contributed by atoms with E-state index in [2.05, 4.69) is 5.32 Å². The molecule has 1 aliphatic heterocycles. The van der Waals surface area contributed by atoms with Crippen molar-refractivity contribution < 1.29 is 14.7 Å². The summed E-state index contributed by atoms with van der Waals surface area (Å²) in [5.74, 6) is -0.692. The molecule has 24 heavy (non-hydrogen) atoms. The number of carbonyl (C=O) groups is 2. The number of aliphatic hydroxyl groups excluding tert-OH is 1. The van der Waals surface area contributed by atoms with Crippen LogP contribution >= 0.6 is 11.6 Å². The number of benzene rings is 2. The Morgan fingerprint density at radius 3 is 2.71 bits per heavy atom. The SMILES string of the molecule is O=C(Nc1cccc(CO)c1)C1CC(=O)N(c2ccc(Cl)cc2)C1. The van der Waals surface area contributed by atoms with Gasteiger partial charge in [0.2, 0.25) is 11.8 Å². The van der Waals surface area contributed by atoms with Crippen LogP contribution in [0.2, 0.25) is 5.02 Å². The first-order chi connectivity index (χ1) is 11.6. The molecule has 5 nitrogen and oxygen atoms in total. The van der Waals surface area contributed by atoms with Gasteiger partial charge in [0.25, 0.3) is 0 Å². The molecule has 0 bridgehead atoms. The lowest BCUT2D eigenvalue weighted by atomic mass is 10.1. The lowest BCUT2D eigenvalue weighted by molar-refractivity contribution is -0.122. The smallest absolute Gasteiger partial charge is 0.229 e. The number of hydrogen-bond acceptors (Lipinski definition) is 3.